The van der Waals surface area contributed by atoms with Crippen LogP contribution in [0.2, 0.25) is 0 Å². The summed E-state index contributed by atoms with van der Waals surface area (Å²) in [5, 5.41) is 3.12. The number of rotatable bonds is 6. The molecule has 1 aliphatic carbocycles. The van der Waals surface area contributed by atoms with Crippen molar-refractivity contribution >= 4 is 17.3 Å². The van der Waals surface area contributed by atoms with Crippen LogP contribution in [0.4, 0.5) is 11.4 Å². The first-order chi connectivity index (χ1) is 15.7. The van der Waals surface area contributed by atoms with Crippen molar-refractivity contribution in [3.63, 3.8) is 0 Å². The molecular formula is C27H30N4O. The van der Waals surface area contributed by atoms with E-state index in [1.165, 1.54) is 11.1 Å². The van der Waals surface area contributed by atoms with E-state index in [0.717, 1.165) is 44.7 Å². The number of carbonyl (C=O) groups excluding carboxylic acids is 1. The maximum absolute atomic E-state index is 12.8. The summed E-state index contributed by atoms with van der Waals surface area (Å²) in [4.78, 5) is 17.7. The summed E-state index contributed by atoms with van der Waals surface area (Å²) in [6.07, 6.45) is 2.14. The van der Waals surface area contributed by atoms with Gasteiger partial charge in [-0.1, -0.05) is 60.7 Å². The van der Waals surface area contributed by atoms with E-state index in [4.69, 9.17) is 5.73 Å². The predicted octanol–water partition coefficient (Wildman–Crippen LogP) is 4.07. The van der Waals surface area contributed by atoms with Gasteiger partial charge in [-0.2, -0.15) is 0 Å². The average Bonchev–Trinajstić information content (AvgIpc) is 3.65. The lowest BCUT2D eigenvalue weighted by atomic mass is 9.96. The summed E-state index contributed by atoms with van der Waals surface area (Å²) in [5.74, 6) is -0.0105. The van der Waals surface area contributed by atoms with Crippen LogP contribution in [0.15, 0.2) is 78.9 Å². The Morgan fingerprint density at radius 3 is 2.00 bits per heavy atom. The highest BCUT2D eigenvalue weighted by Crippen LogP contribution is 2.32. The minimum atomic E-state index is -0.0105. The molecule has 3 N–H and O–H groups in total. The molecule has 1 aliphatic heterocycles. The van der Waals surface area contributed by atoms with Gasteiger partial charge in [0.25, 0.3) is 5.91 Å². The molecule has 1 saturated heterocycles. The quantitative estimate of drug-likeness (QED) is 0.583. The molecule has 1 saturated carbocycles. The number of benzene rings is 3. The summed E-state index contributed by atoms with van der Waals surface area (Å²) in [6, 6.07) is 27.7. The van der Waals surface area contributed by atoms with E-state index in [9.17, 15) is 4.79 Å². The molecule has 1 amide bonds. The first-order valence-corrected chi connectivity index (χ1v) is 11.5. The normalized spacial score (nSPS) is 16.8. The molecule has 0 radical (unpaired) electrons. The van der Waals surface area contributed by atoms with Crippen LogP contribution in [0, 0.1) is 0 Å². The molecule has 0 unspecified atom stereocenters. The van der Waals surface area contributed by atoms with Crippen molar-refractivity contribution in [2.75, 3.05) is 36.8 Å². The van der Waals surface area contributed by atoms with Crippen LogP contribution in [-0.2, 0) is 0 Å². The number of nitrogens with zero attached hydrogens (tertiary/aromatic N) is 2. The number of hydrogen-bond acceptors (Lipinski definition) is 4. The van der Waals surface area contributed by atoms with Gasteiger partial charge >= 0.3 is 0 Å². The Kier molecular flexibility index (Phi) is 5.82. The zero-order valence-electron chi connectivity index (χ0n) is 18.3. The van der Waals surface area contributed by atoms with Crippen LogP contribution in [0.25, 0.3) is 0 Å². The topological polar surface area (TPSA) is 61.6 Å². The molecule has 3 aromatic carbocycles. The molecule has 164 valence electrons. The molecule has 32 heavy (non-hydrogen) atoms. The summed E-state index contributed by atoms with van der Waals surface area (Å²) in [6.45, 7) is 3.57. The van der Waals surface area contributed by atoms with E-state index >= 15 is 0 Å². The fraction of sp³-hybridized carbons (Fsp3) is 0.296. The third kappa shape index (κ3) is 4.48. The molecule has 2 fully saturated rings. The van der Waals surface area contributed by atoms with Gasteiger partial charge in [-0.05, 0) is 42.2 Å². The van der Waals surface area contributed by atoms with Gasteiger partial charge in [0.1, 0.15) is 0 Å². The largest absolute Gasteiger partial charge is 0.399 e. The van der Waals surface area contributed by atoms with Crippen LogP contribution in [0.3, 0.4) is 0 Å². The third-order valence-electron chi connectivity index (χ3n) is 6.43. The minimum absolute atomic E-state index is 0.0105. The Balaban J connectivity index is 1.36. The fourth-order valence-electron chi connectivity index (χ4n) is 4.61. The van der Waals surface area contributed by atoms with E-state index in [0.29, 0.717) is 17.3 Å². The van der Waals surface area contributed by atoms with E-state index in [2.05, 4.69) is 75.8 Å². The predicted molar refractivity (Wildman–Crippen MR) is 130 cm³/mol. The van der Waals surface area contributed by atoms with Gasteiger partial charge in [0.15, 0.2) is 0 Å². The highest BCUT2D eigenvalue weighted by Gasteiger charge is 2.29. The number of amides is 1. The second-order valence-corrected chi connectivity index (χ2v) is 8.77. The molecule has 5 rings (SSSR count). The van der Waals surface area contributed by atoms with Crippen LogP contribution < -0.4 is 16.0 Å². The highest BCUT2D eigenvalue weighted by molar-refractivity contribution is 6.01. The molecule has 2 aliphatic rings. The highest BCUT2D eigenvalue weighted by atomic mass is 16.1. The van der Waals surface area contributed by atoms with Crippen molar-refractivity contribution in [3.8, 4) is 0 Å². The molecule has 1 heterocycles. The number of carbonyl (C=O) groups is 1. The zero-order chi connectivity index (χ0) is 21.9. The van der Waals surface area contributed by atoms with Crippen molar-refractivity contribution in [1.29, 1.82) is 0 Å². The molecule has 0 bridgehead atoms. The van der Waals surface area contributed by atoms with Crippen LogP contribution in [0.5, 0.6) is 0 Å². The maximum Gasteiger partial charge on any atom is 0.253 e. The van der Waals surface area contributed by atoms with E-state index < -0.39 is 0 Å². The Hall–Kier alpha value is -3.31. The fourth-order valence-corrected chi connectivity index (χ4v) is 4.61. The van der Waals surface area contributed by atoms with E-state index in [1.54, 1.807) is 0 Å². The lowest BCUT2D eigenvalue weighted by Crippen LogP contribution is -2.48. The Bertz CT molecular complexity index is 1020. The minimum Gasteiger partial charge on any atom is -0.399 e. The number of hydrogen-bond donors (Lipinski definition) is 2. The number of anilines is 2. The molecule has 3 aromatic rings. The number of nitrogen functional groups attached to an aromatic ring is 1. The number of nitrogens with one attached hydrogen (secondary N) is 1. The standard InChI is InChI=1S/C27H30N4O/c28-22-11-14-25(24(19-22)27(32)29-23-12-13-23)30-15-17-31(18-16-30)26(20-7-3-1-4-8-20)21-9-5-2-6-10-21/h1-11,14,19,23,26H,12-13,15-18,28H2,(H,29,32). The van der Waals surface area contributed by atoms with Gasteiger partial charge in [-0.3, -0.25) is 9.69 Å². The van der Waals surface area contributed by atoms with E-state index in [1.807, 2.05) is 18.2 Å². The monoisotopic (exact) mass is 426 g/mol. The van der Waals surface area contributed by atoms with Crippen molar-refractivity contribution < 1.29 is 4.79 Å². The zero-order valence-corrected chi connectivity index (χ0v) is 18.3. The Morgan fingerprint density at radius 1 is 0.844 bits per heavy atom. The van der Waals surface area contributed by atoms with Crippen LogP contribution in [-0.4, -0.2) is 43.0 Å². The molecule has 5 heteroatoms. The smallest absolute Gasteiger partial charge is 0.253 e. The third-order valence-corrected chi connectivity index (χ3v) is 6.43. The van der Waals surface area contributed by atoms with Gasteiger partial charge in [-0.15, -0.1) is 0 Å². The van der Waals surface area contributed by atoms with Crippen LogP contribution in [0.1, 0.15) is 40.4 Å². The van der Waals surface area contributed by atoms with Crippen molar-refractivity contribution in [1.82, 2.24) is 10.2 Å². The molecule has 0 atom stereocenters. The first-order valence-electron chi connectivity index (χ1n) is 11.5. The molecule has 0 spiro atoms. The van der Waals surface area contributed by atoms with Crippen LogP contribution >= 0.6 is 0 Å². The number of piperazine rings is 1. The molecular weight excluding hydrogens is 396 g/mol. The van der Waals surface area contributed by atoms with Crippen molar-refractivity contribution in [3.05, 3.63) is 95.6 Å². The summed E-state index contributed by atoms with van der Waals surface area (Å²) in [7, 11) is 0. The van der Waals surface area contributed by atoms with Crippen molar-refractivity contribution in [2.24, 2.45) is 0 Å². The summed E-state index contributed by atoms with van der Waals surface area (Å²) >= 11 is 0. The lowest BCUT2D eigenvalue weighted by Gasteiger charge is -2.41. The second-order valence-electron chi connectivity index (χ2n) is 8.77. The Morgan fingerprint density at radius 2 is 1.44 bits per heavy atom. The SMILES string of the molecule is Nc1ccc(N2CCN(C(c3ccccc3)c3ccccc3)CC2)c(C(=O)NC2CC2)c1. The lowest BCUT2D eigenvalue weighted by molar-refractivity contribution is 0.0951. The average molecular weight is 427 g/mol. The summed E-state index contributed by atoms with van der Waals surface area (Å²) < 4.78 is 0. The van der Waals surface area contributed by atoms with Crippen molar-refractivity contribution in [2.45, 2.75) is 24.9 Å². The van der Waals surface area contributed by atoms with Gasteiger partial charge in [0.05, 0.1) is 11.6 Å². The second kappa shape index (κ2) is 9.05. The number of nitrogens with two attached hydrogens (primary N) is 1. The maximum atomic E-state index is 12.8. The Labute approximate surface area is 189 Å². The van der Waals surface area contributed by atoms with E-state index in [-0.39, 0.29) is 11.9 Å². The molecule has 5 nitrogen and oxygen atoms in total. The summed E-state index contributed by atoms with van der Waals surface area (Å²) in [5.41, 5.74) is 10.9. The van der Waals surface area contributed by atoms with Gasteiger partial charge in [0.2, 0.25) is 0 Å². The van der Waals surface area contributed by atoms with Gasteiger partial charge in [-0.25, -0.2) is 0 Å². The van der Waals surface area contributed by atoms with Gasteiger partial charge < -0.3 is 16.0 Å². The van der Waals surface area contributed by atoms with Gasteiger partial charge in [0, 0.05) is 43.6 Å². The molecule has 0 aromatic heterocycles. The first kappa shape index (κ1) is 20.6.